The molecule has 0 aliphatic heterocycles. The van der Waals surface area contributed by atoms with E-state index in [4.69, 9.17) is 4.74 Å². The van der Waals surface area contributed by atoms with Crippen molar-refractivity contribution in [3.63, 3.8) is 0 Å². The molecule has 0 saturated carbocycles. The molecule has 4 rings (SSSR count). The summed E-state index contributed by atoms with van der Waals surface area (Å²) >= 11 is 0. The Morgan fingerprint density at radius 1 is 1.08 bits per heavy atom. The smallest absolute Gasteiger partial charge is 0.420 e. The van der Waals surface area contributed by atoms with Crippen LogP contribution >= 0.6 is 0 Å². The van der Waals surface area contributed by atoms with Crippen molar-refractivity contribution < 1.29 is 27.8 Å². The fraction of sp³-hybridized carbons (Fsp3) is 0.276. The number of aromatic carboxylic acids is 1. The Morgan fingerprint density at radius 3 is 2.47 bits per heavy atom. The van der Waals surface area contributed by atoms with Gasteiger partial charge in [-0.3, -0.25) is 0 Å². The van der Waals surface area contributed by atoms with Gasteiger partial charge in [0.15, 0.2) is 5.75 Å². The molecule has 2 aliphatic carbocycles. The van der Waals surface area contributed by atoms with Crippen LogP contribution in [-0.2, 0) is 12.7 Å². The highest BCUT2D eigenvalue weighted by molar-refractivity contribution is 5.90. The first-order chi connectivity index (χ1) is 17.2. The molecule has 0 aromatic heterocycles. The molecule has 2 unspecified atom stereocenters. The SMILES string of the molecule is CC1C=CC=CC1Oc1c(N(CC2=CC=CCC2)Cc2ccccc2)cc(C(=O)O)cc1C(F)(F)F. The maximum absolute atomic E-state index is 14.3. The molecule has 0 bridgehead atoms. The van der Waals surface area contributed by atoms with E-state index in [2.05, 4.69) is 0 Å². The van der Waals surface area contributed by atoms with Crippen molar-refractivity contribution in [3.8, 4) is 5.75 Å². The third kappa shape index (κ3) is 6.08. The van der Waals surface area contributed by atoms with Gasteiger partial charge in [0.25, 0.3) is 0 Å². The predicted octanol–water partition coefficient (Wildman–Crippen LogP) is 7.20. The number of alkyl halides is 3. The Labute approximate surface area is 208 Å². The molecule has 0 radical (unpaired) electrons. The van der Waals surface area contributed by atoms with Gasteiger partial charge in [-0.1, -0.05) is 79.3 Å². The molecule has 188 valence electrons. The predicted molar refractivity (Wildman–Crippen MR) is 134 cm³/mol. The number of benzene rings is 2. The van der Waals surface area contributed by atoms with Crippen LogP contribution in [0.15, 0.2) is 90.6 Å². The van der Waals surface area contributed by atoms with Crippen molar-refractivity contribution in [1.29, 1.82) is 0 Å². The Bertz CT molecular complexity index is 1210. The summed E-state index contributed by atoms with van der Waals surface area (Å²) in [5.74, 6) is -1.94. The highest BCUT2D eigenvalue weighted by atomic mass is 19.4. The molecule has 2 atom stereocenters. The fourth-order valence-electron chi connectivity index (χ4n) is 4.35. The number of carboxylic acids is 1. The number of hydrogen-bond donors (Lipinski definition) is 1. The summed E-state index contributed by atoms with van der Waals surface area (Å²) in [6.45, 7) is 2.49. The molecular formula is C29H28F3NO3. The Kier molecular flexibility index (Phi) is 7.67. The molecule has 2 aromatic rings. The lowest BCUT2D eigenvalue weighted by Gasteiger charge is -2.32. The Morgan fingerprint density at radius 2 is 1.83 bits per heavy atom. The topological polar surface area (TPSA) is 49.8 Å². The lowest BCUT2D eigenvalue weighted by Crippen LogP contribution is -2.30. The average Bonchev–Trinajstić information content (AvgIpc) is 2.85. The zero-order chi connectivity index (χ0) is 25.7. The maximum Gasteiger partial charge on any atom is 0.420 e. The van der Waals surface area contributed by atoms with Gasteiger partial charge in [-0.15, -0.1) is 0 Å². The molecule has 0 saturated heterocycles. The largest absolute Gasteiger partial charge is 0.483 e. The third-order valence-corrected chi connectivity index (χ3v) is 6.27. The van der Waals surface area contributed by atoms with Gasteiger partial charge in [-0.2, -0.15) is 13.2 Å². The minimum atomic E-state index is -4.81. The number of allylic oxidation sites excluding steroid dienone is 5. The van der Waals surface area contributed by atoms with Crippen LogP contribution in [0.25, 0.3) is 0 Å². The van der Waals surface area contributed by atoms with Gasteiger partial charge in [0, 0.05) is 19.0 Å². The molecule has 0 amide bonds. The molecule has 2 aromatic carbocycles. The van der Waals surface area contributed by atoms with Gasteiger partial charge in [0.05, 0.1) is 11.3 Å². The monoisotopic (exact) mass is 495 g/mol. The van der Waals surface area contributed by atoms with Crippen LogP contribution in [0.3, 0.4) is 0 Å². The third-order valence-electron chi connectivity index (χ3n) is 6.27. The van der Waals surface area contributed by atoms with Gasteiger partial charge < -0.3 is 14.7 Å². The first kappa shape index (κ1) is 25.4. The summed E-state index contributed by atoms with van der Waals surface area (Å²) in [6, 6.07) is 11.3. The lowest BCUT2D eigenvalue weighted by molar-refractivity contribution is -0.139. The van der Waals surface area contributed by atoms with Gasteiger partial charge >= 0.3 is 12.1 Å². The summed E-state index contributed by atoms with van der Waals surface area (Å²) in [4.78, 5) is 13.7. The van der Waals surface area contributed by atoms with Gasteiger partial charge in [0.2, 0.25) is 0 Å². The molecule has 0 fully saturated rings. The number of hydrogen-bond acceptors (Lipinski definition) is 3. The van der Waals surface area contributed by atoms with Crippen molar-refractivity contribution in [1.82, 2.24) is 0 Å². The van der Waals surface area contributed by atoms with E-state index in [-0.39, 0.29) is 23.9 Å². The second kappa shape index (κ2) is 10.9. The number of rotatable bonds is 8. The van der Waals surface area contributed by atoms with E-state index < -0.39 is 29.4 Å². The molecule has 36 heavy (non-hydrogen) atoms. The Hall–Kier alpha value is -3.74. The maximum atomic E-state index is 14.3. The molecule has 4 nitrogen and oxygen atoms in total. The number of carboxylic acid groups (broad SMARTS) is 1. The van der Waals surface area contributed by atoms with Crippen molar-refractivity contribution in [2.75, 3.05) is 11.4 Å². The zero-order valence-corrected chi connectivity index (χ0v) is 19.9. The molecule has 7 heteroatoms. The highest BCUT2D eigenvalue weighted by Gasteiger charge is 2.39. The van der Waals surface area contributed by atoms with E-state index in [1.807, 2.05) is 67.6 Å². The standard InChI is InChI=1S/C29H28F3NO3/c1-20-10-8-9-15-26(20)36-27-24(29(30,31)32)16-23(28(34)35)17-25(27)33(18-21-11-4-2-5-12-21)19-22-13-6-3-7-14-22/h2-6,8-13,15-17,20,26H,7,14,18-19H2,1H3,(H,34,35). The van der Waals surface area contributed by atoms with E-state index in [0.29, 0.717) is 12.6 Å². The van der Waals surface area contributed by atoms with Gasteiger partial charge in [-0.25, -0.2) is 4.79 Å². The number of anilines is 1. The van der Waals surface area contributed by atoms with Crippen LogP contribution in [0, 0.1) is 5.92 Å². The second-order valence-electron chi connectivity index (χ2n) is 9.02. The summed E-state index contributed by atoms with van der Waals surface area (Å²) < 4.78 is 49.1. The normalized spacial score (nSPS) is 19.2. The first-order valence-electron chi connectivity index (χ1n) is 11.9. The van der Waals surface area contributed by atoms with Crippen LogP contribution < -0.4 is 9.64 Å². The number of nitrogens with zero attached hydrogens (tertiary/aromatic N) is 1. The summed E-state index contributed by atoms with van der Waals surface area (Å²) in [6.07, 6.45) is 9.27. The van der Waals surface area contributed by atoms with Crippen LogP contribution in [0.5, 0.6) is 5.75 Å². The number of halogens is 3. The van der Waals surface area contributed by atoms with Gasteiger partial charge in [0.1, 0.15) is 11.7 Å². The zero-order valence-electron chi connectivity index (χ0n) is 19.9. The van der Waals surface area contributed by atoms with E-state index in [9.17, 15) is 23.1 Å². The van der Waals surface area contributed by atoms with Crippen LogP contribution in [0.1, 0.15) is 41.3 Å². The van der Waals surface area contributed by atoms with Crippen molar-refractivity contribution in [2.24, 2.45) is 5.92 Å². The van der Waals surface area contributed by atoms with Crippen molar-refractivity contribution >= 4 is 11.7 Å². The van der Waals surface area contributed by atoms with Gasteiger partial charge in [-0.05, 0) is 36.6 Å². The molecule has 0 spiro atoms. The summed E-state index contributed by atoms with van der Waals surface area (Å²) in [7, 11) is 0. The molecular weight excluding hydrogens is 467 g/mol. The van der Waals surface area contributed by atoms with Crippen molar-refractivity contribution in [2.45, 2.75) is 38.6 Å². The van der Waals surface area contributed by atoms with E-state index in [0.717, 1.165) is 24.0 Å². The Balaban J connectivity index is 1.88. The molecule has 0 heterocycles. The second-order valence-corrected chi connectivity index (χ2v) is 9.02. The minimum absolute atomic E-state index is 0.108. The summed E-state index contributed by atoms with van der Waals surface area (Å²) in [5, 5.41) is 9.68. The van der Waals surface area contributed by atoms with E-state index in [1.165, 1.54) is 6.07 Å². The molecule has 1 N–H and O–H groups in total. The quantitative estimate of drug-likeness (QED) is 0.421. The summed E-state index contributed by atoms with van der Waals surface area (Å²) in [5.41, 5.74) is 0.508. The van der Waals surface area contributed by atoms with Crippen LogP contribution in [0.4, 0.5) is 18.9 Å². The minimum Gasteiger partial charge on any atom is -0.483 e. The van der Waals surface area contributed by atoms with Crippen LogP contribution in [-0.4, -0.2) is 23.7 Å². The van der Waals surface area contributed by atoms with Crippen molar-refractivity contribution in [3.05, 3.63) is 107 Å². The molecule has 2 aliphatic rings. The lowest BCUT2D eigenvalue weighted by atomic mass is 9.99. The van der Waals surface area contributed by atoms with E-state index >= 15 is 0 Å². The number of ether oxygens (including phenoxy) is 1. The first-order valence-corrected chi connectivity index (χ1v) is 11.9. The average molecular weight is 496 g/mol. The van der Waals surface area contributed by atoms with Crippen LogP contribution in [0.2, 0.25) is 0 Å². The fourth-order valence-corrected chi connectivity index (χ4v) is 4.35. The highest BCUT2D eigenvalue weighted by Crippen LogP contribution is 2.45. The number of carbonyl (C=O) groups is 1. The van der Waals surface area contributed by atoms with E-state index in [1.54, 1.807) is 17.1 Å².